The lowest BCUT2D eigenvalue weighted by atomic mass is 10.0. The van der Waals surface area contributed by atoms with Crippen LogP contribution in [0.15, 0.2) is 50.1 Å². The summed E-state index contributed by atoms with van der Waals surface area (Å²) in [6.07, 6.45) is 2.82. The highest BCUT2D eigenvalue weighted by atomic mass is 32.2. The number of hydrogen-bond donors (Lipinski definition) is 2. The molecule has 1 radical (unpaired) electrons. The van der Waals surface area contributed by atoms with Crippen LogP contribution in [0.25, 0.3) is 10.9 Å². The third-order valence-electron chi connectivity index (χ3n) is 5.13. The van der Waals surface area contributed by atoms with Crippen LogP contribution in [0.1, 0.15) is 36.2 Å². The van der Waals surface area contributed by atoms with Crippen LogP contribution in [0.3, 0.4) is 0 Å². The summed E-state index contributed by atoms with van der Waals surface area (Å²) in [5, 5.41) is 24.9. The highest BCUT2D eigenvalue weighted by Gasteiger charge is 2.31. The smallest absolute Gasteiger partial charge is 0.336 e. The topological polar surface area (TPSA) is 140 Å². The fraction of sp³-hybridized carbons (Fsp3) is 0.227. The molecule has 0 spiro atoms. The van der Waals surface area contributed by atoms with Crippen molar-refractivity contribution in [2.24, 2.45) is 10.3 Å². The summed E-state index contributed by atoms with van der Waals surface area (Å²) in [5.41, 5.74) is -0.552. The fourth-order valence-electron chi connectivity index (χ4n) is 3.49. The van der Waals surface area contributed by atoms with Crippen molar-refractivity contribution in [2.75, 3.05) is 0 Å². The lowest BCUT2D eigenvalue weighted by molar-refractivity contribution is -0.131. The van der Waals surface area contributed by atoms with Crippen LogP contribution in [0.4, 0.5) is 0 Å². The largest absolute Gasteiger partial charge is 0.506 e. The Hall–Kier alpha value is -3.66. The van der Waals surface area contributed by atoms with Gasteiger partial charge in [0.1, 0.15) is 11.3 Å². The zero-order valence-electron chi connectivity index (χ0n) is 17.2. The number of benzene rings is 1. The second-order valence-corrected chi connectivity index (χ2v) is 8.56. The number of aromatic carboxylic acids is 1. The van der Waals surface area contributed by atoms with Crippen LogP contribution in [0, 0.1) is 5.92 Å². The maximum atomic E-state index is 13.4. The number of carboxylic acid groups (broad SMARTS) is 1. The molecule has 1 aromatic carbocycles. The molecular weight excluding hydrogens is 434 g/mol. The van der Waals surface area contributed by atoms with Crippen molar-refractivity contribution in [2.45, 2.75) is 26.8 Å². The number of hydrogen-bond acceptors (Lipinski definition) is 7. The van der Waals surface area contributed by atoms with Gasteiger partial charge >= 0.3 is 5.97 Å². The molecule has 0 bridgehead atoms. The van der Waals surface area contributed by atoms with E-state index in [-0.39, 0.29) is 34.0 Å². The molecule has 1 aliphatic carbocycles. The van der Waals surface area contributed by atoms with Crippen molar-refractivity contribution in [1.82, 2.24) is 9.88 Å². The van der Waals surface area contributed by atoms with Crippen molar-refractivity contribution in [3.63, 3.8) is 0 Å². The van der Waals surface area contributed by atoms with Gasteiger partial charge in [-0.1, -0.05) is 19.9 Å². The lowest BCUT2D eigenvalue weighted by Crippen LogP contribution is -2.33. The zero-order chi connectivity index (χ0) is 23.2. The van der Waals surface area contributed by atoms with Gasteiger partial charge in [0.25, 0.3) is 5.56 Å². The molecule has 0 fully saturated rings. The Balaban J connectivity index is 1.97. The predicted molar refractivity (Wildman–Crippen MR) is 119 cm³/mol. The first kappa shape index (κ1) is 21.6. The number of nitrogens with zero attached hydrogens (tertiary/aromatic N) is 3. The van der Waals surface area contributed by atoms with Gasteiger partial charge in [-0.3, -0.25) is 14.4 Å². The molecule has 0 amide bonds. The van der Waals surface area contributed by atoms with Gasteiger partial charge in [0.05, 0.1) is 27.1 Å². The first-order valence-electron chi connectivity index (χ1n) is 9.80. The number of carboxylic acids is 1. The van der Waals surface area contributed by atoms with E-state index in [4.69, 9.17) is 0 Å². The Labute approximate surface area is 186 Å². The standard InChI is InChI=1S/C22H18N3O6S/c1-10(2)6-7-25-13-5-3-4-11(22(30)31)17(13)19(28)18(21(25)29)20-23-12-8-14(26)15(27)9-16(12)32-24-20/h3-5,8-10,28H,6-7H2,1-2H3,(H,30,31). The van der Waals surface area contributed by atoms with Gasteiger partial charge in [0, 0.05) is 30.6 Å². The number of pyridine rings is 1. The summed E-state index contributed by atoms with van der Waals surface area (Å²) in [6.45, 7) is 4.29. The summed E-state index contributed by atoms with van der Waals surface area (Å²) in [7, 11) is 0. The molecule has 1 aromatic heterocycles. The van der Waals surface area contributed by atoms with Gasteiger partial charge < -0.3 is 14.8 Å². The number of carbonyl (C=O) groups excluding carboxylic acids is 2. The van der Waals surface area contributed by atoms with Crippen molar-refractivity contribution < 1.29 is 24.6 Å². The molecule has 163 valence electrons. The minimum absolute atomic E-state index is 0.00599. The maximum absolute atomic E-state index is 13.4. The highest BCUT2D eigenvalue weighted by Crippen LogP contribution is 2.35. The van der Waals surface area contributed by atoms with Gasteiger partial charge in [-0.2, -0.15) is 4.40 Å². The fourth-order valence-corrected chi connectivity index (χ4v) is 4.17. The maximum Gasteiger partial charge on any atom is 0.336 e. The molecule has 2 aromatic rings. The van der Waals surface area contributed by atoms with E-state index in [1.807, 2.05) is 13.8 Å². The van der Waals surface area contributed by atoms with Gasteiger partial charge in [-0.05, 0) is 24.5 Å². The van der Waals surface area contributed by atoms with Crippen LogP contribution in [0.2, 0.25) is 0 Å². The van der Waals surface area contributed by atoms with Gasteiger partial charge in [0.2, 0.25) is 11.6 Å². The molecule has 0 saturated carbocycles. The monoisotopic (exact) mass is 452 g/mol. The van der Waals surface area contributed by atoms with E-state index in [0.717, 1.165) is 24.1 Å². The van der Waals surface area contributed by atoms with E-state index in [9.17, 15) is 29.4 Å². The number of carbonyl (C=O) groups is 3. The second kappa shape index (κ2) is 8.12. The number of allylic oxidation sites excluding steroid dienone is 2. The van der Waals surface area contributed by atoms with Crippen molar-refractivity contribution in [3.05, 3.63) is 62.4 Å². The van der Waals surface area contributed by atoms with Crippen LogP contribution in [-0.2, 0) is 16.1 Å². The number of ketones is 2. The summed E-state index contributed by atoms with van der Waals surface area (Å²) in [5.74, 6) is -3.12. The summed E-state index contributed by atoms with van der Waals surface area (Å²) in [6, 6.07) is 4.44. The molecule has 9 nitrogen and oxygen atoms in total. The van der Waals surface area contributed by atoms with E-state index in [0.29, 0.717) is 23.4 Å². The molecule has 0 saturated heterocycles. The Morgan fingerprint density at radius 1 is 1.16 bits per heavy atom. The number of aromatic hydroxyl groups is 1. The SMILES string of the molecule is CC(C)CCn1c(=O)c(C2=NSC3=CC(=O)C(=O)C=C3[N]2)c(O)c2c(C(=O)O)cccc21. The Bertz CT molecular complexity index is 1350. The molecule has 2 N–H and O–H groups in total. The molecule has 32 heavy (non-hydrogen) atoms. The Morgan fingerprint density at radius 3 is 2.56 bits per heavy atom. The van der Waals surface area contributed by atoms with Gasteiger partial charge in [-0.15, -0.1) is 0 Å². The minimum atomic E-state index is -1.26. The molecule has 2 aliphatic rings. The first-order chi connectivity index (χ1) is 15.2. The molecule has 10 heteroatoms. The van der Waals surface area contributed by atoms with Crippen LogP contribution < -0.4 is 10.9 Å². The molecular formula is C22H18N3O6S. The molecule has 1 aliphatic heterocycles. The Kier molecular flexibility index (Phi) is 5.47. The molecule has 0 unspecified atom stereocenters. The van der Waals surface area contributed by atoms with E-state index in [2.05, 4.69) is 9.71 Å². The number of aromatic nitrogens is 1. The normalized spacial score (nSPS) is 15.8. The van der Waals surface area contributed by atoms with Gasteiger partial charge in [0.15, 0.2) is 5.84 Å². The Morgan fingerprint density at radius 2 is 1.88 bits per heavy atom. The van der Waals surface area contributed by atoms with Crippen molar-refractivity contribution >= 4 is 46.2 Å². The zero-order valence-corrected chi connectivity index (χ0v) is 18.0. The van der Waals surface area contributed by atoms with Crippen LogP contribution >= 0.6 is 11.9 Å². The van der Waals surface area contributed by atoms with Crippen molar-refractivity contribution in [3.8, 4) is 5.75 Å². The second-order valence-electron chi connectivity index (χ2n) is 7.75. The quantitative estimate of drug-likeness (QED) is 0.403. The van der Waals surface area contributed by atoms with Crippen LogP contribution in [0.5, 0.6) is 5.75 Å². The summed E-state index contributed by atoms with van der Waals surface area (Å²) < 4.78 is 5.57. The average Bonchev–Trinajstić information content (AvgIpc) is 2.74. The van der Waals surface area contributed by atoms with E-state index in [1.165, 1.54) is 16.7 Å². The number of rotatable bonds is 5. The van der Waals surface area contributed by atoms with E-state index < -0.39 is 28.8 Å². The average molecular weight is 452 g/mol. The first-order valence-corrected chi connectivity index (χ1v) is 10.6. The third kappa shape index (κ3) is 3.62. The third-order valence-corrected chi connectivity index (χ3v) is 5.92. The van der Waals surface area contributed by atoms with Gasteiger partial charge in [-0.25, -0.2) is 10.1 Å². The minimum Gasteiger partial charge on any atom is -0.506 e. The summed E-state index contributed by atoms with van der Waals surface area (Å²) >= 11 is 0.852. The van der Waals surface area contributed by atoms with E-state index in [1.54, 1.807) is 6.07 Å². The lowest BCUT2D eigenvalue weighted by Gasteiger charge is -2.21. The number of aryl methyl sites for hydroxylation is 1. The molecule has 2 heterocycles. The molecule has 4 rings (SSSR count). The summed E-state index contributed by atoms with van der Waals surface area (Å²) in [4.78, 5) is 49.0. The van der Waals surface area contributed by atoms with Crippen LogP contribution in [-0.4, -0.2) is 38.2 Å². The van der Waals surface area contributed by atoms with E-state index >= 15 is 0 Å². The number of fused-ring (bicyclic) bond motifs is 2. The molecule has 0 atom stereocenters. The highest BCUT2D eigenvalue weighted by molar-refractivity contribution is 8.02. The number of amidine groups is 1. The van der Waals surface area contributed by atoms with Crippen molar-refractivity contribution in [1.29, 1.82) is 0 Å². The predicted octanol–water partition coefficient (Wildman–Crippen LogP) is 2.38.